The average Bonchev–Trinajstić information content (AvgIpc) is 2.95. The zero-order chi connectivity index (χ0) is 16.9. The first kappa shape index (κ1) is 16.2. The summed E-state index contributed by atoms with van der Waals surface area (Å²) in [4.78, 5) is 17.5. The van der Waals surface area contributed by atoms with Crippen LogP contribution < -0.4 is 11.1 Å². The van der Waals surface area contributed by atoms with E-state index < -0.39 is 0 Å². The maximum atomic E-state index is 12.3. The molecule has 1 amide bonds. The Morgan fingerprint density at radius 3 is 2.54 bits per heavy atom. The Hall–Kier alpha value is -2.66. The molecule has 0 unspecified atom stereocenters. The minimum Gasteiger partial charge on any atom is -0.375 e. The van der Waals surface area contributed by atoms with Gasteiger partial charge in [-0.15, -0.1) is 11.3 Å². The largest absolute Gasteiger partial charge is 0.375 e. The van der Waals surface area contributed by atoms with Gasteiger partial charge in [-0.3, -0.25) is 4.79 Å². The van der Waals surface area contributed by atoms with E-state index in [1.807, 2.05) is 61.5 Å². The molecule has 0 aliphatic carbocycles. The highest BCUT2D eigenvalue weighted by Crippen LogP contribution is 2.30. The quantitative estimate of drug-likeness (QED) is 0.748. The number of anilines is 1. The molecule has 1 aromatic heterocycles. The smallest absolute Gasteiger partial charge is 0.225 e. The van der Waals surface area contributed by atoms with Crippen molar-refractivity contribution >= 4 is 22.4 Å². The molecule has 0 atom stereocenters. The second-order valence-electron chi connectivity index (χ2n) is 5.63. The van der Waals surface area contributed by atoms with E-state index in [2.05, 4.69) is 10.3 Å². The highest BCUT2D eigenvalue weighted by atomic mass is 32.1. The lowest BCUT2D eigenvalue weighted by Gasteiger charge is -2.06. The summed E-state index contributed by atoms with van der Waals surface area (Å²) in [6.07, 6.45) is 0.283. The number of rotatable bonds is 5. The van der Waals surface area contributed by atoms with E-state index in [-0.39, 0.29) is 12.3 Å². The highest BCUT2D eigenvalue weighted by molar-refractivity contribution is 7.15. The van der Waals surface area contributed by atoms with Crippen molar-refractivity contribution in [2.24, 2.45) is 0 Å². The van der Waals surface area contributed by atoms with Crippen LogP contribution in [0.1, 0.15) is 16.0 Å². The molecular weight excluding hydrogens is 318 g/mol. The van der Waals surface area contributed by atoms with Crippen molar-refractivity contribution in [3.8, 4) is 11.3 Å². The molecule has 0 fully saturated rings. The van der Waals surface area contributed by atoms with Gasteiger partial charge >= 0.3 is 0 Å². The van der Waals surface area contributed by atoms with Gasteiger partial charge in [-0.2, -0.15) is 0 Å². The van der Waals surface area contributed by atoms with Gasteiger partial charge in [0.25, 0.3) is 0 Å². The van der Waals surface area contributed by atoms with Gasteiger partial charge < -0.3 is 11.1 Å². The van der Waals surface area contributed by atoms with Crippen molar-refractivity contribution < 1.29 is 4.79 Å². The van der Waals surface area contributed by atoms with Crippen LogP contribution in [0.15, 0.2) is 54.6 Å². The zero-order valence-corrected chi connectivity index (χ0v) is 14.3. The van der Waals surface area contributed by atoms with Crippen molar-refractivity contribution in [1.82, 2.24) is 10.3 Å². The first-order chi connectivity index (χ1) is 11.6. The summed E-state index contributed by atoms with van der Waals surface area (Å²) >= 11 is 1.37. The Labute approximate surface area is 145 Å². The number of aromatic nitrogens is 1. The van der Waals surface area contributed by atoms with Crippen LogP contribution in [0.2, 0.25) is 0 Å². The van der Waals surface area contributed by atoms with Crippen LogP contribution in [0.3, 0.4) is 0 Å². The van der Waals surface area contributed by atoms with Crippen molar-refractivity contribution in [3.63, 3.8) is 0 Å². The molecule has 1 heterocycles. The molecule has 0 saturated carbocycles. The number of hydrogen-bond donors (Lipinski definition) is 2. The normalized spacial score (nSPS) is 10.5. The number of hydrogen-bond acceptors (Lipinski definition) is 4. The van der Waals surface area contributed by atoms with Crippen LogP contribution in [0, 0.1) is 6.92 Å². The molecule has 3 rings (SSSR count). The van der Waals surface area contributed by atoms with Crippen LogP contribution in [0.5, 0.6) is 0 Å². The Kier molecular flexibility index (Phi) is 4.91. The number of nitrogens with one attached hydrogen (secondary N) is 1. The number of carbonyl (C=O) groups excluding carboxylic acids is 1. The third-order valence-electron chi connectivity index (χ3n) is 3.69. The molecule has 0 radical (unpaired) electrons. The minimum atomic E-state index is -0.0316. The maximum absolute atomic E-state index is 12.3. The average molecular weight is 337 g/mol. The van der Waals surface area contributed by atoms with Gasteiger partial charge in [-0.05, 0) is 12.5 Å². The fraction of sp³-hybridized carbons (Fsp3) is 0.158. The monoisotopic (exact) mass is 337 g/mol. The van der Waals surface area contributed by atoms with Crippen LogP contribution in [-0.2, 0) is 17.8 Å². The molecule has 0 spiro atoms. The molecular formula is C19H19N3OS. The second kappa shape index (κ2) is 7.27. The van der Waals surface area contributed by atoms with Crippen molar-refractivity contribution in [1.29, 1.82) is 0 Å². The summed E-state index contributed by atoms with van der Waals surface area (Å²) < 4.78 is 0. The molecule has 4 nitrogen and oxygen atoms in total. The number of nitrogen functional groups attached to an aromatic ring is 1. The maximum Gasteiger partial charge on any atom is 0.225 e. The van der Waals surface area contributed by atoms with E-state index in [4.69, 9.17) is 5.73 Å². The third-order valence-corrected chi connectivity index (χ3v) is 4.58. The van der Waals surface area contributed by atoms with Crippen LogP contribution >= 0.6 is 11.3 Å². The number of nitrogens with zero attached hydrogens (tertiary/aromatic N) is 1. The van der Waals surface area contributed by atoms with Gasteiger partial charge in [0.05, 0.1) is 12.1 Å². The van der Waals surface area contributed by atoms with Gasteiger partial charge in [0, 0.05) is 17.0 Å². The van der Waals surface area contributed by atoms with E-state index in [1.54, 1.807) is 0 Å². The van der Waals surface area contributed by atoms with E-state index in [1.165, 1.54) is 16.9 Å². The fourth-order valence-corrected chi connectivity index (χ4v) is 3.28. The number of aryl methyl sites for hydroxylation is 1. The number of benzene rings is 2. The van der Waals surface area contributed by atoms with Gasteiger partial charge in [-0.25, -0.2) is 4.98 Å². The lowest BCUT2D eigenvalue weighted by molar-refractivity contribution is -0.120. The van der Waals surface area contributed by atoms with E-state index in [9.17, 15) is 4.79 Å². The first-order valence-corrected chi connectivity index (χ1v) is 8.56. The number of carbonyl (C=O) groups is 1. The van der Waals surface area contributed by atoms with E-state index >= 15 is 0 Å². The van der Waals surface area contributed by atoms with E-state index in [0.29, 0.717) is 11.7 Å². The van der Waals surface area contributed by atoms with Crippen molar-refractivity contribution in [2.45, 2.75) is 19.9 Å². The SMILES string of the molecule is Cc1ccc(-c2nc(N)sc2CC(=O)NCc2ccccc2)cc1. The molecule has 2 aromatic carbocycles. The standard InChI is InChI=1S/C19H19N3OS/c1-13-7-9-15(10-8-13)18-16(24-19(20)22-18)11-17(23)21-12-14-5-3-2-4-6-14/h2-10H,11-12H2,1H3,(H2,20,22)(H,21,23). The highest BCUT2D eigenvalue weighted by Gasteiger charge is 2.15. The molecule has 0 saturated heterocycles. The summed E-state index contributed by atoms with van der Waals surface area (Å²) in [5.41, 5.74) is 9.91. The Bertz CT molecular complexity index is 826. The predicted molar refractivity (Wildman–Crippen MR) is 98.7 cm³/mol. The molecule has 5 heteroatoms. The lowest BCUT2D eigenvalue weighted by atomic mass is 10.1. The topological polar surface area (TPSA) is 68.0 Å². The van der Waals surface area contributed by atoms with Crippen molar-refractivity contribution in [2.75, 3.05) is 5.73 Å². The summed E-state index contributed by atoms with van der Waals surface area (Å²) in [5, 5.41) is 3.43. The molecule has 0 aliphatic rings. The predicted octanol–water partition coefficient (Wildman–Crippen LogP) is 3.56. The molecule has 3 aromatic rings. The summed E-state index contributed by atoms with van der Waals surface area (Å²) in [5.74, 6) is -0.0316. The molecule has 122 valence electrons. The summed E-state index contributed by atoms with van der Waals surface area (Å²) in [6.45, 7) is 2.56. The number of amides is 1. The molecule has 0 aliphatic heterocycles. The molecule has 0 bridgehead atoms. The molecule has 24 heavy (non-hydrogen) atoms. The zero-order valence-electron chi connectivity index (χ0n) is 13.5. The summed E-state index contributed by atoms with van der Waals surface area (Å²) in [6, 6.07) is 17.9. The van der Waals surface area contributed by atoms with Crippen LogP contribution in [-0.4, -0.2) is 10.9 Å². The van der Waals surface area contributed by atoms with Crippen molar-refractivity contribution in [3.05, 3.63) is 70.6 Å². The third kappa shape index (κ3) is 4.00. The second-order valence-corrected chi connectivity index (χ2v) is 6.74. The number of thiazole rings is 1. The lowest BCUT2D eigenvalue weighted by Crippen LogP contribution is -2.24. The Morgan fingerprint density at radius 2 is 1.83 bits per heavy atom. The van der Waals surface area contributed by atoms with Crippen LogP contribution in [0.4, 0.5) is 5.13 Å². The number of nitrogens with two attached hydrogens (primary N) is 1. The Balaban J connectivity index is 1.71. The molecule has 3 N–H and O–H groups in total. The Morgan fingerprint density at radius 1 is 1.12 bits per heavy atom. The summed E-state index contributed by atoms with van der Waals surface area (Å²) in [7, 11) is 0. The van der Waals surface area contributed by atoms with Crippen LogP contribution in [0.25, 0.3) is 11.3 Å². The van der Waals surface area contributed by atoms with Gasteiger partial charge in [0.2, 0.25) is 5.91 Å². The first-order valence-electron chi connectivity index (χ1n) is 7.74. The minimum absolute atomic E-state index is 0.0316. The van der Waals surface area contributed by atoms with Gasteiger partial charge in [-0.1, -0.05) is 60.2 Å². The van der Waals surface area contributed by atoms with Gasteiger partial charge in [0.1, 0.15) is 0 Å². The van der Waals surface area contributed by atoms with E-state index in [0.717, 1.165) is 21.7 Å². The van der Waals surface area contributed by atoms with Gasteiger partial charge in [0.15, 0.2) is 5.13 Å². The fourth-order valence-electron chi connectivity index (χ4n) is 2.43.